The number of hydrogen-bond donors (Lipinski definition) is 0. The highest BCUT2D eigenvalue weighted by molar-refractivity contribution is 6.18. The quantitative estimate of drug-likeness (QED) is 0.273. The van der Waals surface area contributed by atoms with Crippen molar-refractivity contribution in [3.05, 3.63) is 100 Å². The number of fused-ring (bicyclic) bond motifs is 4. The van der Waals surface area contributed by atoms with Gasteiger partial charge in [0.1, 0.15) is 23.0 Å². The number of hydrogen-bond acceptors (Lipinski definition) is 4. The van der Waals surface area contributed by atoms with Gasteiger partial charge in [-0.3, -0.25) is 0 Å². The molecule has 0 bridgehead atoms. The second-order valence-corrected chi connectivity index (χ2v) is 9.48. The summed E-state index contributed by atoms with van der Waals surface area (Å²) in [6.07, 6.45) is 5.20. The molecule has 0 saturated heterocycles. The monoisotopic (exact) mass is 498 g/mol. The molecular weight excluding hydrogens is 472 g/mol. The van der Waals surface area contributed by atoms with E-state index in [1.54, 1.807) is 14.2 Å². The van der Waals surface area contributed by atoms with Crippen molar-refractivity contribution < 1.29 is 18.9 Å². The van der Waals surface area contributed by atoms with Gasteiger partial charge in [-0.15, -0.1) is 11.6 Å². The van der Waals surface area contributed by atoms with Crippen LogP contribution < -0.4 is 18.9 Å². The topological polar surface area (TPSA) is 36.9 Å². The summed E-state index contributed by atoms with van der Waals surface area (Å²) in [7, 11) is 3.36. The number of rotatable bonds is 5. The van der Waals surface area contributed by atoms with Crippen molar-refractivity contribution in [2.45, 2.75) is 24.8 Å². The lowest BCUT2D eigenvalue weighted by atomic mass is 9.81. The molecule has 0 spiro atoms. The van der Waals surface area contributed by atoms with Crippen LogP contribution in [-0.2, 0) is 17.9 Å². The van der Waals surface area contributed by atoms with E-state index in [1.165, 1.54) is 5.56 Å². The molecule has 1 atom stereocenters. The van der Waals surface area contributed by atoms with E-state index in [0.29, 0.717) is 12.5 Å². The van der Waals surface area contributed by atoms with E-state index in [4.69, 9.17) is 30.5 Å². The number of methoxy groups -OCH3 is 2. The predicted molar refractivity (Wildman–Crippen MR) is 144 cm³/mol. The third-order valence-electron chi connectivity index (χ3n) is 7.42. The van der Waals surface area contributed by atoms with Gasteiger partial charge >= 0.3 is 0 Å². The van der Waals surface area contributed by atoms with Crippen molar-refractivity contribution >= 4 is 28.4 Å². The van der Waals surface area contributed by atoms with Crippen LogP contribution in [-0.4, -0.2) is 20.8 Å². The van der Waals surface area contributed by atoms with Crippen LogP contribution >= 0.6 is 11.6 Å². The zero-order valence-electron chi connectivity index (χ0n) is 20.6. The van der Waals surface area contributed by atoms with Crippen molar-refractivity contribution in [1.82, 2.24) is 0 Å². The molecule has 0 aliphatic carbocycles. The van der Waals surface area contributed by atoms with Gasteiger partial charge in [0.05, 0.1) is 20.8 Å². The van der Waals surface area contributed by atoms with Crippen LogP contribution in [0.5, 0.6) is 23.0 Å². The average molecular weight is 499 g/mol. The Morgan fingerprint density at radius 1 is 0.889 bits per heavy atom. The molecule has 0 amide bonds. The fourth-order valence-corrected chi connectivity index (χ4v) is 5.74. The zero-order chi connectivity index (χ0) is 24.9. The van der Waals surface area contributed by atoms with Crippen LogP contribution in [0.4, 0.5) is 0 Å². The maximum Gasteiger partial charge on any atom is 0.178 e. The summed E-state index contributed by atoms with van der Waals surface area (Å²) in [5.41, 5.74) is 5.65. The van der Waals surface area contributed by atoms with Crippen LogP contribution in [0.2, 0.25) is 0 Å². The minimum atomic E-state index is -0.842. The van der Waals surface area contributed by atoms with Crippen LogP contribution in [0.15, 0.2) is 66.7 Å². The van der Waals surface area contributed by atoms with Crippen LogP contribution in [0.3, 0.4) is 0 Å². The highest BCUT2D eigenvalue weighted by Crippen LogP contribution is 2.49. The van der Waals surface area contributed by atoms with Crippen molar-refractivity contribution in [3.8, 4) is 23.0 Å². The summed E-state index contributed by atoms with van der Waals surface area (Å²) in [6, 6.07) is 20.6. The fraction of sp³-hybridized carbons (Fsp3) is 0.226. The fourth-order valence-electron chi connectivity index (χ4n) is 5.40. The van der Waals surface area contributed by atoms with E-state index in [0.717, 1.165) is 68.0 Å². The highest BCUT2D eigenvalue weighted by atomic mass is 35.5. The number of halogens is 1. The van der Waals surface area contributed by atoms with E-state index in [9.17, 15) is 0 Å². The molecule has 6 rings (SSSR count). The first kappa shape index (κ1) is 22.8. The molecule has 1 unspecified atom stereocenters. The first-order chi connectivity index (χ1) is 17.6. The number of aryl methyl sites for hydroxylation is 1. The third kappa shape index (κ3) is 3.43. The molecule has 0 saturated carbocycles. The molecule has 0 aromatic heterocycles. The van der Waals surface area contributed by atoms with E-state index in [1.807, 2.05) is 24.3 Å². The summed E-state index contributed by atoms with van der Waals surface area (Å²) < 4.78 is 24.0. The normalized spacial score (nSPS) is 17.8. The largest absolute Gasteiger partial charge is 0.497 e. The summed E-state index contributed by atoms with van der Waals surface area (Å²) in [5.74, 6) is 3.73. The van der Waals surface area contributed by atoms with Gasteiger partial charge in [-0.05, 0) is 71.5 Å². The molecule has 2 aliphatic rings. The molecule has 0 radical (unpaired) electrons. The Kier molecular flexibility index (Phi) is 5.57. The van der Waals surface area contributed by atoms with Crippen LogP contribution in [0, 0.1) is 6.92 Å². The van der Waals surface area contributed by atoms with E-state index >= 15 is 0 Å². The summed E-state index contributed by atoms with van der Waals surface area (Å²) in [4.78, 5) is 0. The molecule has 4 nitrogen and oxygen atoms in total. The van der Waals surface area contributed by atoms with Gasteiger partial charge in [-0.25, -0.2) is 0 Å². The maximum absolute atomic E-state index is 7.15. The van der Waals surface area contributed by atoms with Gasteiger partial charge in [-0.2, -0.15) is 0 Å². The van der Waals surface area contributed by atoms with Gasteiger partial charge in [0.15, 0.2) is 5.60 Å². The molecule has 2 heterocycles. The molecule has 2 aliphatic heterocycles. The molecule has 4 aromatic carbocycles. The molecular formula is C31H27ClO4. The summed E-state index contributed by atoms with van der Waals surface area (Å²) in [6.45, 7) is 2.82. The Balaban J connectivity index is 1.63. The van der Waals surface area contributed by atoms with Crippen molar-refractivity contribution in [2.24, 2.45) is 0 Å². The molecule has 36 heavy (non-hydrogen) atoms. The second kappa shape index (κ2) is 8.79. The smallest absolute Gasteiger partial charge is 0.178 e. The zero-order valence-corrected chi connectivity index (χ0v) is 21.3. The molecule has 182 valence electrons. The van der Waals surface area contributed by atoms with Crippen LogP contribution in [0.25, 0.3) is 16.8 Å². The first-order valence-corrected chi connectivity index (χ1v) is 12.6. The minimum Gasteiger partial charge on any atom is -0.497 e. The lowest BCUT2D eigenvalue weighted by Gasteiger charge is -2.37. The summed E-state index contributed by atoms with van der Waals surface area (Å²) >= 11 is 6.49. The Hall–Kier alpha value is -3.63. The Morgan fingerprint density at radius 3 is 2.39 bits per heavy atom. The molecule has 4 aromatic rings. The number of alkyl halides is 1. The van der Waals surface area contributed by atoms with E-state index in [-0.39, 0.29) is 0 Å². The van der Waals surface area contributed by atoms with Gasteiger partial charge < -0.3 is 18.9 Å². The number of benzene rings is 4. The minimum absolute atomic E-state index is 0.398. The van der Waals surface area contributed by atoms with E-state index in [2.05, 4.69) is 55.5 Å². The average Bonchev–Trinajstić information content (AvgIpc) is 3.41. The Bertz CT molecular complexity index is 1510. The van der Waals surface area contributed by atoms with Gasteiger partial charge in [0, 0.05) is 34.4 Å². The van der Waals surface area contributed by atoms with Crippen molar-refractivity contribution in [3.63, 3.8) is 0 Å². The van der Waals surface area contributed by atoms with Crippen molar-refractivity contribution in [1.29, 1.82) is 0 Å². The lowest BCUT2D eigenvalue weighted by Crippen LogP contribution is -2.34. The Morgan fingerprint density at radius 2 is 1.64 bits per heavy atom. The van der Waals surface area contributed by atoms with Crippen LogP contribution in [0.1, 0.15) is 33.4 Å². The second-order valence-electron chi connectivity index (χ2n) is 9.21. The SMILES string of the molecule is COc1ccc(C2(c3ccc4c(c3)CCO4)C=Cc3c(CCl)c(C)c4ccc(OC)cc4c3O2)cc1. The number of ether oxygens (including phenoxy) is 4. The van der Waals surface area contributed by atoms with Gasteiger partial charge in [0.2, 0.25) is 0 Å². The van der Waals surface area contributed by atoms with Gasteiger partial charge in [0.25, 0.3) is 0 Å². The maximum atomic E-state index is 7.15. The van der Waals surface area contributed by atoms with Crippen molar-refractivity contribution in [2.75, 3.05) is 20.8 Å². The molecule has 5 heteroatoms. The van der Waals surface area contributed by atoms with Gasteiger partial charge in [-0.1, -0.05) is 30.3 Å². The first-order valence-electron chi connectivity index (χ1n) is 12.1. The highest BCUT2D eigenvalue weighted by Gasteiger charge is 2.39. The lowest BCUT2D eigenvalue weighted by molar-refractivity contribution is 0.163. The van der Waals surface area contributed by atoms with E-state index < -0.39 is 5.60 Å². The molecule has 0 fully saturated rings. The third-order valence-corrected chi connectivity index (χ3v) is 7.68. The molecule has 0 N–H and O–H groups in total. The predicted octanol–water partition coefficient (Wildman–Crippen LogP) is 7.19. The Labute approximate surface area is 216 Å². The summed E-state index contributed by atoms with van der Waals surface area (Å²) in [5, 5.41) is 2.11. The standard InChI is InChI=1S/C31H27ClO4/c1-19-25-10-9-24(34-3)17-27(25)30-26(28(19)18-32)12-14-31(36-30,21-4-7-23(33-2)8-5-21)22-6-11-29-20(16-22)13-15-35-29/h4-12,14,16-17H,13,15,18H2,1-3H3.